The van der Waals surface area contributed by atoms with Crippen LogP contribution in [0.1, 0.15) is 0 Å². The smallest absolute Gasteiger partial charge is 0.161 e. The van der Waals surface area contributed by atoms with Crippen LogP contribution in [0.3, 0.4) is 0 Å². The van der Waals surface area contributed by atoms with E-state index in [1.54, 1.807) is 0 Å². The van der Waals surface area contributed by atoms with E-state index in [1.807, 2.05) is 0 Å². The van der Waals surface area contributed by atoms with Gasteiger partial charge in [-0.05, 0) is 75.1 Å². The Morgan fingerprint density at radius 3 is 1.71 bits per heavy atom. The summed E-state index contributed by atoms with van der Waals surface area (Å²) in [4.78, 5) is 15.9. The van der Waals surface area contributed by atoms with Crippen LogP contribution in [0.2, 0.25) is 0 Å². The molecule has 0 saturated carbocycles. The SMILES string of the molecule is c1ccc(-n2c3ccccc3c3c4c(ccc32)c(-c2cccc(-c3ccc(-c5cc(-c6cccc7ccccc67)nc(-c6cccc7ccccc67)n5)cc3)c2)nc2ccccc24)cc1. The van der Waals surface area contributed by atoms with E-state index >= 15 is 0 Å². The fourth-order valence-corrected chi connectivity index (χ4v) is 9.98. The molecule has 4 nitrogen and oxygen atoms in total. The Morgan fingerprint density at radius 1 is 0.308 bits per heavy atom. The molecule has 0 unspecified atom stereocenters. The van der Waals surface area contributed by atoms with Crippen LogP contribution in [0.25, 0.3) is 127 Å². The third-order valence-corrected chi connectivity index (χ3v) is 13.0. The number of rotatable bonds is 6. The standard InChI is InChI=1S/C61H38N4/c1-2-21-45(22-3-1)65-56-30-11-9-26-51(56)59-57(65)36-35-52-58(59)50-25-8-10-29-53(50)62-60(52)44-20-12-19-43(37-44)39-31-33-42(34-32-39)54-38-55(48-27-13-17-40-15-4-6-23-46(40)48)64-61(63-54)49-28-14-18-41-16-5-7-24-47(41)49/h1-38H. The van der Waals surface area contributed by atoms with Crippen molar-refractivity contribution < 1.29 is 0 Å². The van der Waals surface area contributed by atoms with Crippen LogP contribution in [-0.2, 0) is 0 Å². The first-order valence-corrected chi connectivity index (χ1v) is 22.1. The summed E-state index contributed by atoms with van der Waals surface area (Å²) < 4.78 is 2.39. The monoisotopic (exact) mass is 826 g/mol. The lowest BCUT2D eigenvalue weighted by atomic mass is 9.94. The molecule has 0 atom stereocenters. The molecule has 13 aromatic rings. The van der Waals surface area contributed by atoms with Crippen molar-refractivity contribution >= 4 is 65.0 Å². The molecule has 0 radical (unpaired) electrons. The van der Waals surface area contributed by atoms with Crippen LogP contribution >= 0.6 is 0 Å². The van der Waals surface area contributed by atoms with Crippen molar-refractivity contribution in [2.75, 3.05) is 0 Å². The molecule has 65 heavy (non-hydrogen) atoms. The molecule has 10 aromatic carbocycles. The zero-order valence-electron chi connectivity index (χ0n) is 35.2. The molecular formula is C61H38N4. The highest BCUT2D eigenvalue weighted by Gasteiger charge is 2.20. The Labute approximate surface area is 375 Å². The third kappa shape index (κ3) is 6.11. The summed E-state index contributed by atoms with van der Waals surface area (Å²) in [6, 6.07) is 82.0. The van der Waals surface area contributed by atoms with Crippen molar-refractivity contribution in [1.82, 2.24) is 19.5 Å². The highest BCUT2D eigenvalue weighted by atomic mass is 15.0. The number of aromatic nitrogens is 4. The predicted molar refractivity (Wildman–Crippen MR) is 271 cm³/mol. The van der Waals surface area contributed by atoms with Crippen LogP contribution < -0.4 is 0 Å². The van der Waals surface area contributed by atoms with Crippen molar-refractivity contribution in [2.24, 2.45) is 0 Å². The molecule has 0 spiro atoms. The average molecular weight is 827 g/mol. The van der Waals surface area contributed by atoms with E-state index in [-0.39, 0.29) is 0 Å². The van der Waals surface area contributed by atoms with E-state index in [2.05, 4.69) is 235 Å². The van der Waals surface area contributed by atoms with Crippen molar-refractivity contribution in [1.29, 1.82) is 0 Å². The van der Waals surface area contributed by atoms with Gasteiger partial charge in [0.1, 0.15) is 0 Å². The molecule has 0 amide bonds. The minimum Gasteiger partial charge on any atom is -0.309 e. The van der Waals surface area contributed by atoms with Gasteiger partial charge in [0.15, 0.2) is 5.82 Å². The Morgan fingerprint density at radius 2 is 0.908 bits per heavy atom. The van der Waals surface area contributed by atoms with Crippen molar-refractivity contribution in [3.63, 3.8) is 0 Å². The summed E-state index contributed by atoms with van der Waals surface area (Å²) in [6.07, 6.45) is 0. The number of hydrogen-bond acceptors (Lipinski definition) is 3. The van der Waals surface area contributed by atoms with Gasteiger partial charge in [0.05, 0.1) is 33.6 Å². The van der Waals surface area contributed by atoms with Crippen molar-refractivity contribution in [3.05, 3.63) is 231 Å². The quantitative estimate of drug-likeness (QED) is 0.157. The summed E-state index contributed by atoms with van der Waals surface area (Å²) in [5.74, 6) is 0.705. The van der Waals surface area contributed by atoms with E-state index in [0.29, 0.717) is 5.82 Å². The van der Waals surface area contributed by atoms with Gasteiger partial charge in [-0.15, -0.1) is 0 Å². The Bertz CT molecular complexity index is 3890. The zero-order valence-corrected chi connectivity index (χ0v) is 35.2. The first kappa shape index (κ1) is 36.9. The fraction of sp³-hybridized carbons (Fsp3) is 0. The Kier molecular flexibility index (Phi) is 8.50. The van der Waals surface area contributed by atoms with E-state index in [9.17, 15) is 0 Å². The predicted octanol–water partition coefficient (Wildman–Crippen LogP) is 15.9. The van der Waals surface area contributed by atoms with E-state index < -0.39 is 0 Å². The summed E-state index contributed by atoms with van der Waals surface area (Å²) >= 11 is 0. The van der Waals surface area contributed by atoms with Crippen molar-refractivity contribution in [3.8, 4) is 62.0 Å². The maximum atomic E-state index is 5.40. The topological polar surface area (TPSA) is 43.6 Å². The highest BCUT2D eigenvalue weighted by molar-refractivity contribution is 6.29. The number of benzene rings is 10. The van der Waals surface area contributed by atoms with Crippen LogP contribution in [-0.4, -0.2) is 19.5 Å². The van der Waals surface area contributed by atoms with Crippen LogP contribution in [0.15, 0.2) is 231 Å². The maximum absolute atomic E-state index is 5.40. The lowest BCUT2D eigenvalue weighted by molar-refractivity contribution is 1.18. The van der Waals surface area contributed by atoms with Crippen LogP contribution in [0.4, 0.5) is 0 Å². The average Bonchev–Trinajstić information content (AvgIpc) is 3.73. The highest BCUT2D eigenvalue weighted by Crippen LogP contribution is 2.43. The Hall–Kier alpha value is -8.73. The third-order valence-electron chi connectivity index (χ3n) is 13.0. The second-order valence-electron chi connectivity index (χ2n) is 16.7. The summed E-state index contributed by atoms with van der Waals surface area (Å²) in [5.41, 5.74) is 13.6. The molecule has 0 aliphatic heterocycles. The van der Waals surface area contributed by atoms with Gasteiger partial charge in [0.2, 0.25) is 0 Å². The first-order chi connectivity index (χ1) is 32.2. The largest absolute Gasteiger partial charge is 0.309 e. The van der Waals surface area contributed by atoms with Gasteiger partial charge < -0.3 is 4.57 Å². The van der Waals surface area contributed by atoms with Gasteiger partial charge >= 0.3 is 0 Å². The molecule has 3 heterocycles. The molecule has 0 N–H and O–H groups in total. The van der Waals surface area contributed by atoms with Crippen LogP contribution in [0.5, 0.6) is 0 Å². The molecule has 0 saturated heterocycles. The summed E-state index contributed by atoms with van der Waals surface area (Å²) in [6.45, 7) is 0. The Balaban J connectivity index is 0.941. The molecule has 0 aliphatic rings. The van der Waals surface area contributed by atoms with Gasteiger partial charge in [-0.2, -0.15) is 0 Å². The molecule has 0 aliphatic carbocycles. The van der Waals surface area contributed by atoms with E-state index in [4.69, 9.17) is 15.0 Å². The maximum Gasteiger partial charge on any atom is 0.161 e. The second-order valence-corrected chi connectivity index (χ2v) is 16.7. The van der Waals surface area contributed by atoms with E-state index in [1.165, 1.54) is 32.6 Å². The number of para-hydroxylation sites is 3. The number of nitrogens with zero attached hydrogens (tertiary/aromatic N) is 4. The molecule has 302 valence electrons. The van der Waals surface area contributed by atoms with Crippen molar-refractivity contribution in [2.45, 2.75) is 0 Å². The van der Waals surface area contributed by atoms with Gasteiger partial charge in [-0.25, -0.2) is 15.0 Å². The van der Waals surface area contributed by atoms with Crippen LogP contribution in [0, 0.1) is 0 Å². The summed E-state index contributed by atoms with van der Waals surface area (Å²) in [5, 5.41) is 10.6. The minimum atomic E-state index is 0.705. The normalized spacial score (nSPS) is 11.7. The number of pyridine rings is 1. The number of hydrogen-bond donors (Lipinski definition) is 0. The van der Waals surface area contributed by atoms with Gasteiger partial charge in [0.25, 0.3) is 0 Å². The lowest BCUT2D eigenvalue weighted by Gasteiger charge is -2.14. The molecule has 0 bridgehead atoms. The molecular weight excluding hydrogens is 789 g/mol. The van der Waals surface area contributed by atoms with Gasteiger partial charge in [-0.3, -0.25) is 0 Å². The van der Waals surface area contributed by atoms with Gasteiger partial charge in [0, 0.05) is 54.9 Å². The van der Waals surface area contributed by atoms with E-state index in [0.717, 1.165) is 88.6 Å². The molecule has 13 rings (SSSR count). The first-order valence-electron chi connectivity index (χ1n) is 22.1. The summed E-state index contributed by atoms with van der Waals surface area (Å²) in [7, 11) is 0. The minimum absolute atomic E-state index is 0.705. The zero-order chi connectivity index (χ0) is 42.8. The lowest BCUT2D eigenvalue weighted by Crippen LogP contribution is -1.97. The molecule has 0 fully saturated rings. The molecule has 3 aromatic heterocycles. The van der Waals surface area contributed by atoms with Gasteiger partial charge in [-0.1, -0.05) is 188 Å². The molecule has 4 heteroatoms. The fourth-order valence-electron chi connectivity index (χ4n) is 9.98. The number of fused-ring (bicyclic) bond motifs is 9. The second kappa shape index (κ2) is 15.0.